The zero-order chi connectivity index (χ0) is 9.97. The summed E-state index contributed by atoms with van der Waals surface area (Å²) in [5, 5.41) is 3.49. The Labute approximate surface area is 94.0 Å². The molecule has 2 unspecified atom stereocenters. The Morgan fingerprint density at radius 1 is 1.36 bits per heavy atom. The highest BCUT2D eigenvalue weighted by Crippen LogP contribution is 2.27. The van der Waals surface area contributed by atoms with Gasteiger partial charge in [-0.25, -0.2) is 0 Å². The number of rotatable bonds is 1. The maximum absolute atomic E-state index is 3.52. The van der Waals surface area contributed by atoms with Crippen molar-refractivity contribution in [3.05, 3.63) is 34.3 Å². The molecule has 1 aliphatic rings. The van der Waals surface area contributed by atoms with E-state index in [1.54, 1.807) is 0 Å². The van der Waals surface area contributed by atoms with E-state index in [1.165, 1.54) is 23.0 Å². The van der Waals surface area contributed by atoms with Crippen LogP contribution in [0.25, 0.3) is 0 Å². The molecular formula is C12H16BrN. The van der Waals surface area contributed by atoms with Crippen LogP contribution in [-0.4, -0.2) is 13.1 Å². The predicted molar refractivity (Wildman–Crippen MR) is 63.5 cm³/mol. The highest BCUT2D eigenvalue weighted by molar-refractivity contribution is 9.10. The van der Waals surface area contributed by atoms with E-state index in [2.05, 4.69) is 52.4 Å². The molecule has 1 N–H and O–H groups in total. The summed E-state index contributed by atoms with van der Waals surface area (Å²) in [6, 6.07) is 8.68. The molecule has 1 heterocycles. The minimum absolute atomic E-state index is 0.691. The van der Waals surface area contributed by atoms with E-state index in [0.29, 0.717) is 5.92 Å². The molecular weight excluding hydrogens is 238 g/mol. The van der Waals surface area contributed by atoms with Crippen molar-refractivity contribution in [1.82, 2.24) is 5.32 Å². The molecule has 0 amide bonds. The van der Waals surface area contributed by atoms with Crippen LogP contribution in [-0.2, 0) is 0 Å². The predicted octanol–water partition coefficient (Wildman–Crippen LogP) is 3.16. The first-order valence-electron chi connectivity index (χ1n) is 5.22. The number of piperidine rings is 1. The van der Waals surface area contributed by atoms with Crippen LogP contribution in [0.5, 0.6) is 0 Å². The van der Waals surface area contributed by atoms with Crippen molar-refractivity contribution >= 4 is 15.9 Å². The van der Waals surface area contributed by atoms with Crippen LogP contribution in [0.4, 0.5) is 0 Å². The van der Waals surface area contributed by atoms with Crippen molar-refractivity contribution in [2.24, 2.45) is 5.92 Å². The zero-order valence-corrected chi connectivity index (χ0v) is 10.0. The van der Waals surface area contributed by atoms with Gasteiger partial charge in [-0.15, -0.1) is 0 Å². The first-order valence-corrected chi connectivity index (χ1v) is 6.01. The molecule has 1 nitrogen and oxygen atoms in total. The molecule has 1 aromatic carbocycles. The Balaban J connectivity index is 2.14. The Kier molecular flexibility index (Phi) is 3.24. The van der Waals surface area contributed by atoms with E-state index < -0.39 is 0 Å². The molecule has 1 saturated heterocycles. The van der Waals surface area contributed by atoms with Crippen LogP contribution in [0.3, 0.4) is 0 Å². The van der Waals surface area contributed by atoms with Crippen LogP contribution >= 0.6 is 15.9 Å². The lowest BCUT2D eigenvalue weighted by Gasteiger charge is -2.28. The molecule has 0 saturated carbocycles. The van der Waals surface area contributed by atoms with Crippen LogP contribution in [0, 0.1) is 5.92 Å². The summed E-state index contributed by atoms with van der Waals surface area (Å²) in [5.74, 6) is 1.49. The smallest absolute Gasteiger partial charge is 0.0178 e. The quantitative estimate of drug-likeness (QED) is 0.811. The maximum Gasteiger partial charge on any atom is 0.0178 e. The maximum atomic E-state index is 3.52. The van der Waals surface area contributed by atoms with Crippen molar-refractivity contribution in [3.8, 4) is 0 Å². The van der Waals surface area contributed by atoms with Crippen LogP contribution < -0.4 is 5.32 Å². The van der Waals surface area contributed by atoms with Crippen molar-refractivity contribution in [3.63, 3.8) is 0 Å². The Hall–Kier alpha value is -0.340. The topological polar surface area (TPSA) is 12.0 Å². The van der Waals surface area contributed by atoms with Gasteiger partial charge in [-0.05, 0) is 42.5 Å². The molecule has 76 valence electrons. The van der Waals surface area contributed by atoms with Crippen LogP contribution in [0.15, 0.2) is 28.7 Å². The standard InChI is InChI=1S/C12H16BrN/c1-9-5-11(8-14-7-9)10-3-2-4-12(13)6-10/h2-4,6,9,11,14H,5,7-8H2,1H3. The highest BCUT2D eigenvalue weighted by atomic mass is 79.9. The first kappa shape index (κ1) is 10.2. The van der Waals surface area contributed by atoms with Gasteiger partial charge in [0.1, 0.15) is 0 Å². The van der Waals surface area contributed by atoms with Gasteiger partial charge in [0, 0.05) is 11.0 Å². The van der Waals surface area contributed by atoms with Gasteiger partial charge in [0.2, 0.25) is 0 Å². The largest absolute Gasteiger partial charge is 0.316 e. The van der Waals surface area contributed by atoms with Crippen molar-refractivity contribution in [2.75, 3.05) is 13.1 Å². The van der Waals surface area contributed by atoms with E-state index in [4.69, 9.17) is 0 Å². The van der Waals surface area contributed by atoms with E-state index in [9.17, 15) is 0 Å². The number of halogens is 1. The second-order valence-electron chi connectivity index (χ2n) is 4.25. The minimum atomic E-state index is 0.691. The van der Waals surface area contributed by atoms with E-state index >= 15 is 0 Å². The average Bonchev–Trinajstić information content (AvgIpc) is 2.18. The van der Waals surface area contributed by atoms with Gasteiger partial charge in [-0.3, -0.25) is 0 Å². The summed E-state index contributed by atoms with van der Waals surface area (Å²) in [5.41, 5.74) is 1.46. The van der Waals surface area contributed by atoms with Crippen molar-refractivity contribution in [1.29, 1.82) is 0 Å². The zero-order valence-electron chi connectivity index (χ0n) is 8.46. The molecule has 1 aliphatic heterocycles. The van der Waals surface area contributed by atoms with Crippen LogP contribution in [0.1, 0.15) is 24.8 Å². The average molecular weight is 254 g/mol. The Bertz CT molecular complexity index is 311. The summed E-state index contributed by atoms with van der Waals surface area (Å²) in [4.78, 5) is 0. The van der Waals surface area contributed by atoms with Gasteiger partial charge in [0.25, 0.3) is 0 Å². The molecule has 1 aromatic rings. The molecule has 2 heteroatoms. The number of hydrogen-bond acceptors (Lipinski definition) is 1. The first-order chi connectivity index (χ1) is 6.75. The summed E-state index contributed by atoms with van der Waals surface area (Å²) in [6.07, 6.45) is 1.31. The van der Waals surface area contributed by atoms with Gasteiger partial charge in [-0.1, -0.05) is 35.0 Å². The molecule has 0 radical (unpaired) electrons. The van der Waals surface area contributed by atoms with Gasteiger partial charge < -0.3 is 5.32 Å². The lowest BCUT2D eigenvalue weighted by Crippen LogP contribution is -2.33. The molecule has 14 heavy (non-hydrogen) atoms. The van der Waals surface area contributed by atoms with E-state index in [-0.39, 0.29) is 0 Å². The molecule has 2 atom stereocenters. The van der Waals surface area contributed by atoms with Gasteiger partial charge in [0.05, 0.1) is 0 Å². The molecule has 0 bridgehead atoms. The second-order valence-corrected chi connectivity index (χ2v) is 5.17. The van der Waals surface area contributed by atoms with Gasteiger partial charge in [-0.2, -0.15) is 0 Å². The SMILES string of the molecule is CC1CNCC(c2cccc(Br)c2)C1. The summed E-state index contributed by atoms with van der Waals surface area (Å²) in [6.45, 7) is 4.61. The molecule has 0 aromatic heterocycles. The van der Waals surface area contributed by atoms with Crippen LogP contribution in [0.2, 0.25) is 0 Å². The summed E-state index contributed by atoms with van der Waals surface area (Å²) in [7, 11) is 0. The lowest BCUT2D eigenvalue weighted by atomic mass is 9.87. The fourth-order valence-corrected chi connectivity index (χ4v) is 2.59. The molecule has 2 rings (SSSR count). The van der Waals surface area contributed by atoms with Gasteiger partial charge in [0.15, 0.2) is 0 Å². The van der Waals surface area contributed by atoms with E-state index in [0.717, 1.165) is 12.5 Å². The summed E-state index contributed by atoms with van der Waals surface area (Å²) >= 11 is 3.52. The highest BCUT2D eigenvalue weighted by Gasteiger charge is 2.19. The molecule has 1 fully saturated rings. The third kappa shape index (κ3) is 2.37. The second kappa shape index (κ2) is 4.45. The number of nitrogens with one attached hydrogen (secondary N) is 1. The lowest BCUT2D eigenvalue weighted by molar-refractivity contribution is 0.364. The van der Waals surface area contributed by atoms with Crippen molar-refractivity contribution < 1.29 is 0 Å². The van der Waals surface area contributed by atoms with E-state index in [1.807, 2.05) is 0 Å². The summed E-state index contributed by atoms with van der Waals surface area (Å²) < 4.78 is 1.19. The normalized spacial score (nSPS) is 27.6. The fraction of sp³-hybridized carbons (Fsp3) is 0.500. The number of benzene rings is 1. The Morgan fingerprint density at radius 2 is 2.21 bits per heavy atom. The third-order valence-corrected chi connectivity index (χ3v) is 3.38. The Morgan fingerprint density at radius 3 is 2.93 bits per heavy atom. The van der Waals surface area contributed by atoms with Crippen molar-refractivity contribution in [2.45, 2.75) is 19.3 Å². The van der Waals surface area contributed by atoms with Gasteiger partial charge >= 0.3 is 0 Å². The third-order valence-electron chi connectivity index (χ3n) is 2.89. The molecule has 0 aliphatic carbocycles. The monoisotopic (exact) mass is 253 g/mol. The fourth-order valence-electron chi connectivity index (χ4n) is 2.17. The minimum Gasteiger partial charge on any atom is -0.316 e. The molecule has 0 spiro atoms. The number of hydrogen-bond donors (Lipinski definition) is 1.